The Hall–Kier alpha value is -2.23. The lowest BCUT2D eigenvalue weighted by atomic mass is 10.1. The van der Waals surface area contributed by atoms with Gasteiger partial charge in [0.2, 0.25) is 5.91 Å². The van der Waals surface area contributed by atoms with E-state index in [1.54, 1.807) is 24.8 Å². The number of amides is 1. The minimum absolute atomic E-state index is 0.0157. The molecule has 0 fully saturated rings. The lowest BCUT2D eigenvalue weighted by Crippen LogP contribution is -2.29. The average Bonchev–Trinajstić information content (AvgIpc) is 2.47. The lowest BCUT2D eigenvalue weighted by molar-refractivity contribution is -0.121. The van der Waals surface area contributed by atoms with E-state index in [4.69, 9.17) is 0 Å². The topological polar surface area (TPSA) is 54.9 Å². The maximum atomic E-state index is 12.0. The van der Waals surface area contributed by atoms with Crippen LogP contribution in [0.2, 0.25) is 0 Å². The molecule has 0 saturated heterocycles. The molecule has 4 nitrogen and oxygen atoms in total. The van der Waals surface area contributed by atoms with Gasteiger partial charge in [-0.1, -0.05) is 13.0 Å². The van der Waals surface area contributed by atoms with E-state index < -0.39 is 0 Å². The molecule has 0 spiro atoms. The Labute approximate surface area is 112 Å². The van der Waals surface area contributed by atoms with Crippen molar-refractivity contribution in [2.45, 2.75) is 25.8 Å². The fraction of sp³-hybridized carbons (Fsp3) is 0.267. The van der Waals surface area contributed by atoms with Crippen LogP contribution in [0.4, 0.5) is 0 Å². The number of nitrogens with zero attached hydrogens (tertiary/aromatic N) is 2. The van der Waals surface area contributed by atoms with Gasteiger partial charge in [-0.25, -0.2) is 0 Å². The van der Waals surface area contributed by atoms with Crippen LogP contribution in [0.1, 0.15) is 30.5 Å². The number of hydrogen-bond acceptors (Lipinski definition) is 3. The van der Waals surface area contributed by atoms with Gasteiger partial charge in [0.25, 0.3) is 0 Å². The van der Waals surface area contributed by atoms with Crippen molar-refractivity contribution in [3.8, 4) is 0 Å². The van der Waals surface area contributed by atoms with Crippen molar-refractivity contribution in [1.29, 1.82) is 0 Å². The van der Waals surface area contributed by atoms with Crippen molar-refractivity contribution in [3.63, 3.8) is 0 Å². The Kier molecular flexibility index (Phi) is 4.61. The van der Waals surface area contributed by atoms with Crippen LogP contribution in [0, 0.1) is 0 Å². The summed E-state index contributed by atoms with van der Waals surface area (Å²) in [7, 11) is 0. The minimum Gasteiger partial charge on any atom is -0.349 e. The first-order chi connectivity index (χ1) is 9.29. The fourth-order valence-electron chi connectivity index (χ4n) is 1.93. The summed E-state index contributed by atoms with van der Waals surface area (Å²) in [6.45, 7) is 2.05. The second-order valence-electron chi connectivity index (χ2n) is 4.35. The molecule has 0 aliphatic carbocycles. The van der Waals surface area contributed by atoms with Crippen LogP contribution in [-0.2, 0) is 11.2 Å². The van der Waals surface area contributed by atoms with Crippen LogP contribution in [0.15, 0.2) is 49.1 Å². The zero-order valence-electron chi connectivity index (χ0n) is 10.9. The number of rotatable bonds is 5. The zero-order chi connectivity index (χ0) is 13.5. The SMILES string of the molecule is CC[C@@H](NC(=O)Cc1ccncc1)c1cccnc1. The smallest absolute Gasteiger partial charge is 0.224 e. The highest BCUT2D eigenvalue weighted by molar-refractivity contribution is 5.78. The zero-order valence-corrected chi connectivity index (χ0v) is 10.9. The standard InChI is InChI=1S/C15H17N3O/c1-2-14(13-4-3-7-17-11-13)18-15(19)10-12-5-8-16-9-6-12/h3-9,11,14H,2,10H2,1H3,(H,18,19)/t14-/m1/s1. The molecule has 0 radical (unpaired) electrons. The van der Waals surface area contributed by atoms with Crippen molar-refractivity contribution in [3.05, 3.63) is 60.2 Å². The second-order valence-corrected chi connectivity index (χ2v) is 4.35. The van der Waals surface area contributed by atoms with E-state index in [1.807, 2.05) is 31.2 Å². The molecule has 1 N–H and O–H groups in total. The van der Waals surface area contributed by atoms with Crippen molar-refractivity contribution in [2.24, 2.45) is 0 Å². The minimum atomic E-state index is 0.0157. The summed E-state index contributed by atoms with van der Waals surface area (Å²) in [6, 6.07) is 7.58. The van der Waals surface area contributed by atoms with Gasteiger partial charge >= 0.3 is 0 Å². The molecule has 2 aromatic rings. The summed E-state index contributed by atoms with van der Waals surface area (Å²) in [6.07, 6.45) is 8.13. The van der Waals surface area contributed by atoms with Crippen LogP contribution >= 0.6 is 0 Å². The Morgan fingerprint density at radius 2 is 2.00 bits per heavy atom. The lowest BCUT2D eigenvalue weighted by Gasteiger charge is -2.17. The Balaban J connectivity index is 1.97. The molecule has 98 valence electrons. The molecule has 0 saturated carbocycles. The van der Waals surface area contributed by atoms with Crippen LogP contribution in [-0.4, -0.2) is 15.9 Å². The van der Waals surface area contributed by atoms with Gasteiger partial charge in [-0.3, -0.25) is 14.8 Å². The molecule has 2 rings (SSSR count). The molecule has 0 unspecified atom stereocenters. The highest BCUT2D eigenvalue weighted by Gasteiger charge is 2.12. The maximum Gasteiger partial charge on any atom is 0.224 e. The van der Waals surface area contributed by atoms with Crippen LogP contribution in [0.25, 0.3) is 0 Å². The monoisotopic (exact) mass is 255 g/mol. The van der Waals surface area contributed by atoms with Crippen LogP contribution in [0.5, 0.6) is 0 Å². The van der Waals surface area contributed by atoms with E-state index in [2.05, 4.69) is 15.3 Å². The molecular weight excluding hydrogens is 238 g/mol. The molecule has 1 atom stereocenters. The van der Waals surface area contributed by atoms with E-state index in [0.717, 1.165) is 17.5 Å². The molecule has 2 aromatic heterocycles. The molecular formula is C15H17N3O. The molecule has 0 aliphatic rings. The second kappa shape index (κ2) is 6.64. The first kappa shape index (κ1) is 13.2. The number of carbonyl (C=O) groups is 1. The average molecular weight is 255 g/mol. The first-order valence-corrected chi connectivity index (χ1v) is 6.37. The van der Waals surface area contributed by atoms with E-state index in [0.29, 0.717) is 6.42 Å². The maximum absolute atomic E-state index is 12.0. The third-order valence-corrected chi connectivity index (χ3v) is 2.94. The van der Waals surface area contributed by atoms with Crippen molar-refractivity contribution < 1.29 is 4.79 Å². The largest absolute Gasteiger partial charge is 0.349 e. The number of aromatic nitrogens is 2. The number of carbonyl (C=O) groups excluding carboxylic acids is 1. The predicted molar refractivity (Wildman–Crippen MR) is 73.4 cm³/mol. The molecule has 19 heavy (non-hydrogen) atoms. The summed E-state index contributed by atoms with van der Waals surface area (Å²) in [4.78, 5) is 20.0. The van der Waals surface area contributed by atoms with Crippen molar-refractivity contribution >= 4 is 5.91 Å². The van der Waals surface area contributed by atoms with Gasteiger partial charge in [0.1, 0.15) is 0 Å². The van der Waals surface area contributed by atoms with Gasteiger partial charge in [-0.05, 0) is 35.7 Å². The summed E-state index contributed by atoms with van der Waals surface area (Å²) in [5.41, 5.74) is 2.00. The van der Waals surface area contributed by atoms with E-state index in [-0.39, 0.29) is 11.9 Å². The highest BCUT2D eigenvalue weighted by atomic mass is 16.1. The van der Waals surface area contributed by atoms with E-state index in [1.165, 1.54) is 0 Å². The van der Waals surface area contributed by atoms with Gasteiger partial charge in [-0.15, -0.1) is 0 Å². The number of hydrogen-bond donors (Lipinski definition) is 1. The Morgan fingerprint density at radius 3 is 2.63 bits per heavy atom. The van der Waals surface area contributed by atoms with E-state index in [9.17, 15) is 4.79 Å². The molecule has 0 bridgehead atoms. The molecule has 4 heteroatoms. The first-order valence-electron chi connectivity index (χ1n) is 6.37. The summed E-state index contributed by atoms with van der Waals surface area (Å²) >= 11 is 0. The van der Waals surface area contributed by atoms with Crippen LogP contribution < -0.4 is 5.32 Å². The number of nitrogens with one attached hydrogen (secondary N) is 1. The Bertz CT molecular complexity index is 513. The summed E-state index contributed by atoms with van der Waals surface area (Å²) in [5, 5.41) is 3.03. The van der Waals surface area contributed by atoms with Crippen molar-refractivity contribution in [2.75, 3.05) is 0 Å². The quantitative estimate of drug-likeness (QED) is 0.891. The predicted octanol–water partition coefficient (Wildman–Crippen LogP) is 2.29. The summed E-state index contributed by atoms with van der Waals surface area (Å²) < 4.78 is 0. The normalized spacial score (nSPS) is 11.8. The van der Waals surface area contributed by atoms with Gasteiger partial charge in [0.05, 0.1) is 12.5 Å². The third kappa shape index (κ3) is 3.88. The Morgan fingerprint density at radius 1 is 1.21 bits per heavy atom. The molecule has 1 amide bonds. The molecule has 0 aliphatic heterocycles. The summed E-state index contributed by atoms with van der Waals surface area (Å²) in [5.74, 6) is 0.0157. The molecule has 2 heterocycles. The number of pyridine rings is 2. The van der Waals surface area contributed by atoms with E-state index >= 15 is 0 Å². The molecule has 0 aromatic carbocycles. The van der Waals surface area contributed by atoms with Crippen LogP contribution in [0.3, 0.4) is 0 Å². The van der Waals surface area contributed by atoms with Crippen molar-refractivity contribution in [1.82, 2.24) is 15.3 Å². The van der Waals surface area contributed by atoms with Gasteiger partial charge in [0, 0.05) is 24.8 Å². The van der Waals surface area contributed by atoms with Gasteiger partial charge in [-0.2, -0.15) is 0 Å². The van der Waals surface area contributed by atoms with Gasteiger partial charge in [0.15, 0.2) is 0 Å². The highest BCUT2D eigenvalue weighted by Crippen LogP contribution is 2.15. The third-order valence-electron chi connectivity index (χ3n) is 2.94. The van der Waals surface area contributed by atoms with Gasteiger partial charge < -0.3 is 5.32 Å². The fourth-order valence-corrected chi connectivity index (χ4v) is 1.93.